The van der Waals surface area contributed by atoms with Gasteiger partial charge in [0, 0.05) is 73.7 Å². The van der Waals surface area contributed by atoms with Crippen LogP contribution in [0.5, 0.6) is 11.5 Å². The number of hydrogen-bond acceptors (Lipinski definition) is 12. The standard InChI is InChI=1S/C44H48ClN7O8S/c1-44(2)13-11-31(38(24-44)29-3-5-32(45)6-4-29)27-50-15-17-51(18-16-50)33-7-9-37(41(22-33)60-34-21-30-12-14-46-42(30)48-25-34)43(53)49-61(56,57)36-8-10-39(40(23-36)52(54)55)47-26-35-28-58-19-20-59-35/h3-10,12,14,21-23,25,35,47H,11,13,15-20,24,26-28H2,1-2H3,(H,46,48)(H,49,53)/t35-/m1/s1. The number of amides is 1. The van der Waals surface area contributed by atoms with Crippen LogP contribution in [0.2, 0.25) is 5.02 Å². The second kappa shape index (κ2) is 17.8. The molecule has 0 saturated carbocycles. The van der Waals surface area contributed by atoms with Crippen LogP contribution in [-0.4, -0.2) is 99.3 Å². The van der Waals surface area contributed by atoms with Crippen LogP contribution in [0.15, 0.2) is 95.7 Å². The van der Waals surface area contributed by atoms with Crippen LogP contribution in [-0.2, 0) is 19.5 Å². The molecule has 3 aliphatic rings. The SMILES string of the molecule is CC1(C)CCC(CN2CCN(c3ccc(C(=O)NS(=O)(=O)c4ccc(NC[C@@H]5COCCO5)c([N+](=O)[O-])c4)c(Oc4cnc5[nH]ccc5c4)c3)CC2)=C(c2ccc(Cl)cc2)C1. The molecule has 15 nitrogen and oxygen atoms in total. The number of nitrogens with one attached hydrogen (secondary N) is 3. The summed E-state index contributed by atoms with van der Waals surface area (Å²) in [6.07, 6.45) is 6.13. The number of hydrogen-bond donors (Lipinski definition) is 3. The molecule has 320 valence electrons. The number of halogens is 1. The predicted octanol–water partition coefficient (Wildman–Crippen LogP) is 7.65. The zero-order valence-corrected chi connectivity index (χ0v) is 35.6. The number of benzene rings is 3. The molecule has 2 saturated heterocycles. The molecule has 0 bridgehead atoms. The highest BCUT2D eigenvalue weighted by atomic mass is 35.5. The Labute approximate surface area is 359 Å². The van der Waals surface area contributed by atoms with Crippen LogP contribution in [0.3, 0.4) is 0 Å². The maximum absolute atomic E-state index is 13.9. The maximum Gasteiger partial charge on any atom is 0.293 e. The molecule has 0 spiro atoms. The van der Waals surface area contributed by atoms with Crippen molar-refractivity contribution in [3.8, 4) is 11.5 Å². The normalized spacial score (nSPS) is 18.5. The van der Waals surface area contributed by atoms with Crippen LogP contribution in [0.1, 0.15) is 49.0 Å². The topological polar surface area (TPSA) is 181 Å². The average molecular weight is 870 g/mol. The van der Waals surface area contributed by atoms with Gasteiger partial charge in [0.25, 0.3) is 21.6 Å². The molecule has 8 rings (SSSR count). The van der Waals surface area contributed by atoms with E-state index in [1.807, 2.05) is 18.2 Å². The first-order chi connectivity index (χ1) is 29.3. The fourth-order valence-corrected chi connectivity index (χ4v) is 9.19. The zero-order valence-electron chi connectivity index (χ0n) is 34.0. The van der Waals surface area contributed by atoms with Gasteiger partial charge in [-0.2, -0.15) is 0 Å². The van der Waals surface area contributed by atoms with E-state index in [0.717, 1.165) is 74.1 Å². The molecule has 0 radical (unpaired) electrons. The van der Waals surface area contributed by atoms with Crippen molar-refractivity contribution >= 4 is 61.2 Å². The number of H-pyrrole nitrogens is 1. The molecular weight excluding hydrogens is 822 g/mol. The first kappa shape index (κ1) is 42.2. The number of pyridine rings is 1. The minimum absolute atomic E-state index is 0.0514. The van der Waals surface area contributed by atoms with Crippen molar-refractivity contribution < 1.29 is 32.3 Å². The van der Waals surface area contributed by atoms with E-state index in [2.05, 4.69) is 55.8 Å². The number of anilines is 2. The van der Waals surface area contributed by atoms with Crippen LogP contribution in [0.25, 0.3) is 16.6 Å². The third kappa shape index (κ3) is 10.0. The van der Waals surface area contributed by atoms with E-state index in [1.54, 1.807) is 24.4 Å². The zero-order chi connectivity index (χ0) is 42.7. The number of allylic oxidation sites excluding steroid dienone is 1. The number of piperazine rings is 1. The van der Waals surface area contributed by atoms with E-state index < -0.39 is 31.4 Å². The van der Waals surface area contributed by atoms with Crippen LogP contribution < -0.4 is 19.7 Å². The highest BCUT2D eigenvalue weighted by Crippen LogP contribution is 2.43. The third-order valence-electron chi connectivity index (χ3n) is 11.5. The second-order valence-corrected chi connectivity index (χ2v) is 18.5. The Morgan fingerprint density at radius 1 is 1.05 bits per heavy atom. The lowest BCUT2D eigenvalue weighted by molar-refractivity contribution is -0.384. The van der Waals surface area contributed by atoms with Crippen molar-refractivity contribution in [2.45, 2.75) is 44.1 Å². The number of nitro groups is 1. The number of fused-ring (bicyclic) bond motifs is 1. The van der Waals surface area contributed by atoms with Crippen molar-refractivity contribution in [3.63, 3.8) is 0 Å². The number of rotatable bonds is 13. The number of sulfonamides is 1. The Balaban J connectivity index is 1.00. The van der Waals surface area contributed by atoms with Crippen molar-refractivity contribution in [2.75, 3.05) is 69.3 Å². The number of nitro benzene ring substituents is 1. The summed E-state index contributed by atoms with van der Waals surface area (Å²) in [5.74, 6) is -0.511. The van der Waals surface area contributed by atoms with Crippen LogP contribution in [0, 0.1) is 15.5 Å². The van der Waals surface area contributed by atoms with Crippen LogP contribution >= 0.6 is 11.6 Å². The van der Waals surface area contributed by atoms with Crippen molar-refractivity contribution in [3.05, 3.63) is 117 Å². The molecule has 0 unspecified atom stereocenters. The summed E-state index contributed by atoms with van der Waals surface area (Å²) in [5.41, 5.74) is 5.34. The largest absolute Gasteiger partial charge is 0.455 e. The number of carbonyl (C=O) groups excluding carboxylic acids is 1. The predicted molar refractivity (Wildman–Crippen MR) is 234 cm³/mol. The Kier molecular flexibility index (Phi) is 12.3. The molecule has 17 heteroatoms. The highest BCUT2D eigenvalue weighted by Gasteiger charge is 2.31. The van der Waals surface area contributed by atoms with Gasteiger partial charge in [-0.05, 0) is 84.3 Å². The number of aromatic amines is 1. The van der Waals surface area contributed by atoms with E-state index in [9.17, 15) is 23.3 Å². The van der Waals surface area contributed by atoms with Gasteiger partial charge in [-0.25, -0.2) is 18.1 Å². The maximum atomic E-state index is 13.9. The smallest absolute Gasteiger partial charge is 0.293 e. The Hall–Kier alpha value is -5.52. The van der Waals surface area contributed by atoms with E-state index in [4.69, 9.17) is 25.8 Å². The van der Waals surface area contributed by atoms with E-state index in [-0.39, 0.29) is 35.1 Å². The van der Waals surface area contributed by atoms with Gasteiger partial charge >= 0.3 is 0 Å². The molecule has 2 aliphatic heterocycles. The summed E-state index contributed by atoms with van der Waals surface area (Å²) in [7, 11) is -4.58. The summed E-state index contributed by atoms with van der Waals surface area (Å²) in [4.78, 5) is 36.9. The first-order valence-electron chi connectivity index (χ1n) is 20.3. The van der Waals surface area contributed by atoms with Gasteiger partial charge in [-0.1, -0.05) is 43.2 Å². The van der Waals surface area contributed by atoms with Crippen molar-refractivity contribution in [2.24, 2.45) is 5.41 Å². The Bertz CT molecular complexity index is 2570. The van der Waals surface area contributed by atoms with Crippen LogP contribution in [0.4, 0.5) is 17.1 Å². The fraction of sp³-hybridized carbons (Fsp3) is 0.364. The highest BCUT2D eigenvalue weighted by molar-refractivity contribution is 7.90. The monoisotopic (exact) mass is 869 g/mol. The molecule has 61 heavy (non-hydrogen) atoms. The molecule has 2 aromatic heterocycles. The van der Waals surface area contributed by atoms with Gasteiger partial charge in [0.15, 0.2) is 0 Å². The second-order valence-electron chi connectivity index (χ2n) is 16.4. The number of aromatic nitrogens is 2. The lowest BCUT2D eigenvalue weighted by atomic mass is 9.72. The summed E-state index contributed by atoms with van der Waals surface area (Å²) in [6, 6.07) is 20.2. The van der Waals surface area contributed by atoms with Gasteiger partial charge < -0.3 is 29.4 Å². The van der Waals surface area contributed by atoms with E-state index in [1.165, 1.54) is 41.1 Å². The molecule has 5 aromatic rings. The third-order valence-corrected chi connectivity index (χ3v) is 13.0. The van der Waals surface area contributed by atoms with Crippen molar-refractivity contribution in [1.82, 2.24) is 19.6 Å². The minimum Gasteiger partial charge on any atom is -0.455 e. The summed E-state index contributed by atoms with van der Waals surface area (Å²) < 4.78 is 46.7. The average Bonchev–Trinajstić information content (AvgIpc) is 3.72. The summed E-state index contributed by atoms with van der Waals surface area (Å²) in [5, 5.41) is 16.5. The molecule has 3 aromatic carbocycles. The first-order valence-corrected chi connectivity index (χ1v) is 22.1. The molecule has 1 atom stereocenters. The summed E-state index contributed by atoms with van der Waals surface area (Å²) in [6.45, 7) is 10.0. The van der Waals surface area contributed by atoms with Gasteiger partial charge in [-0.3, -0.25) is 19.8 Å². The molecule has 1 amide bonds. The Morgan fingerprint density at radius 3 is 2.61 bits per heavy atom. The van der Waals surface area contributed by atoms with E-state index >= 15 is 0 Å². The minimum atomic E-state index is -4.58. The number of nitrogens with zero attached hydrogens (tertiary/aromatic N) is 4. The lowest BCUT2D eigenvalue weighted by Crippen LogP contribution is -2.47. The molecule has 2 fully saturated rings. The fourth-order valence-electron chi connectivity index (χ4n) is 8.07. The van der Waals surface area contributed by atoms with Gasteiger partial charge in [0.1, 0.15) is 22.8 Å². The molecule has 1 aliphatic carbocycles. The van der Waals surface area contributed by atoms with Gasteiger partial charge in [-0.15, -0.1) is 0 Å². The van der Waals surface area contributed by atoms with E-state index in [0.29, 0.717) is 31.2 Å². The molecule has 3 N–H and O–H groups in total. The van der Waals surface area contributed by atoms with Gasteiger partial charge in [0.2, 0.25) is 0 Å². The van der Waals surface area contributed by atoms with Crippen molar-refractivity contribution in [1.29, 1.82) is 0 Å². The number of ether oxygens (including phenoxy) is 3. The summed E-state index contributed by atoms with van der Waals surface area (Å²) >= 11 is 6.24. The lowest BCUT2D eigenvalue weighted by Gasteiger charge is -2.39. The Morgan fingerprint density at radius 2 is 1.85 bits per heavy atom. The van der Waals surface area contributed by atoms with Gasteiger partial charge in [0.05, 0.1) is 47.5 Å². The molecular formula is C44H48ClN7O8S. The number of carbonyl (C=O) groups is 1. The quantitative estimate of drug-likeness (QED) is 0.0778. The molecule has 4 heterocycles.